The van der Waals surface area contributed by atoms with Gasteiger partial charge < -0.3 is 9.47 Å². The van der Waals surface area contributed by atoms with Gasteiger partial charge in [0.15, 0.2) is 0 Å². The maximum atomic E-state index is 5.80. The third kappa shape index (κ3) is 1.11. The summed E-state index contributed by atoms with van der Waals surface area (Å²) in [6.07, 6.45) is 1.92. The summed E-state index contributed by atoms with van der Waals surface area (Å²) < 4.78 is 11.5. The topological polar surface area (TPSA) is 18.5 Å². The molecule has 2 nitrogen and oxygen atoms in total. The lowest BCUT2D eigenvalue weighted by Gasteiger charge is -2.40. The lowest BCUT2D eigenvalue weighted by molar-refractivity contribution is -0.202. The van der Waals surface area contributed by atoms with E-state index in [0.29, 0.717) is 12.2 Å². The molecule has 1 aromatic rings. The molecule has 2 heterocycles. The molecular formula is C12H14O2. The van der Waals surface area contributed by atoms with E-state index in [4.69, 9.17) is 9.47 Å². The fraction of sp³-hybridized carbons (Fsp3) is 0.500. The van der Waals surface area contributed by atoms with Crippen LogP contribution in [0.1, 0.15) is 23.7 Å². The fourth-order valence-corrected chi connectivity index (χ4v) is 2.35. The van der Waals surface area contributed by atoms with E-state index < -0.39 is 0 Å². The average molecular weight is 190 g/mol. The second-order valence-corrected chi connectivity index (χ2v) is 4.08. The van der Waals surface area contributed by atoms with Crippen molar-refractivity contribution >= 4 is 0 Å². The van der Waals surface area contributed by atoms with Crippen molar-refractivity contribution in [1.82, 2.24) is 0 Å². The highest BCUT2D eigenvalue weighted by molar-refractivity contribution is 5.30. The Balaban J connectivity index is 1.87. The van der Waals surface area contributed by atoms with Crippen molar-refractivity contribution in [3.8, 4) is 0 Å². The predicted molar refractivity (Wildman–Crippen MR) is 53.2 cm³/mol. The molecular weight excluding hydrogens is 176 g/mol. The molecule has 74 valence electrons. The van der Waals surface area contributed by atoms with Gasteiger partial charge >= 0.3 is 0 Å². The number of hydrogen-bond acceptors (Lipinski definition) is 2. The quantitative estimate of drug-likeness (QED) is 0.676. The Hall–Kier alpha value is -0.860. The van der Waals surface area contributed by atoms with Crippen LogP contribution < -0.4 is 0 Å². The van der Waals surface area contributed by atoms with Gasteiger partial charge in [0.05, 0.1) is 6.10 Å². The third-order valence-corrected chi connectivity index (χ3v) is 3.19. The molecule has 3 atom stereocenters. The van der Waals surface area contributed by atoms with E-state index in [-0.39, 0.29) is 6.10 Å². The van der Waals surface area contributed by atoms with Crippen molar-refractivity contribution in [2.24, 2.45) is 0 Å². The number of hydrogen-bond donors (Lipinski definition) is 0. The lowest BCUT2D eigenvalue weighted by Crippen LogP contribution is -2.44. The minimum atomic E-state index is 0.184. The first-order valence-corrected chi connectivity index (χ1v) is 5.19. The van der Waals surface area contributed by atoms with Crippen LogP contribution in [-0.4, -0.2) is 18.8 Å². The molecule has 2 fully saturated rings. The van der Waals surface area contributed by atoms with Crippen LogP contribution in [0, 0.1) is 6.92 Å². The molecule has 2 saturated heterocycles. The van der Waals surface area contributed by atoms with Gasteiger partial charge in [-0.25, -0.2) is 0 Å². The van der Waals surface area contributed by atoms with Gasteiger partial charge in [0.25, 0.3) is 0 Å². The molecule has 0 N–H and O–H groups in total. The number of aryl methyl sites for hydroxylation is 1. The Labute approximate surface area is 83.8 Å². The summed E-state index contributed by atoms with van der Waals surface area (Å²) in [5, 5.41) is 0. The second-order valence-electron chi connectivity index (χ2n) is 4.08. The second kappa shape index (κ2) is 3.07. The molecule has 0 saturated carbocycles. The zero-order valence-electron chi connectivity index (χ0n) is 8.27. The minimum absolute atomic E-state index is 0.184. The van der Waals surface area contributed by atoms with Crippen molar-refractivity contribution in [3.63, 3.8) is 0 Å². The van der Waals surface area contributed by atoms with Crippen LogP contribution in [0.15, 0.2) is 24.3 Å². The summed E-state index contributed by atoms with van der Waals surface area (Å²) in [6, 6.07) is 8.39. The van der Waals surface area contributed by atoms with Crippen LogP contribution in [0.3, 0.4) is 0 Å². The number of ether oxygens (including phenoxy) is 2. The van der Waals surface area contributed by atoms with Gasteiger partial charge in [-0.3, -0.25) is 0 Å². The summed E-state index contributed by atoms with van der Waals surface area (Å²) in [5.74, 6) is 0. The van der Waals surface area contributed by atoms with Crippen LogP contribution in [0.5, 0.6) is 0 Å². The highest BCUT2D eigenvalue weighted by Gasteiger charge is 2.47. The van der Waals surface area contributed by atoms with Crippen LogP contribution >= 0.6 is 0 Å². The van der Waals surface area contributed by atoms with E-state index in [2.05, 4.69) is 31.2 Å². The van der Waals surface area contributed by atoms with Gasteiger partial charge in [-0.1, -0.05) is 24.3 Å². The molecule has 0 bridgehead atoms. The van der Waals surface area contributed by atoms with E-state index in [0.717, 1.165) is 13.0 Å². The van der Waals surface area contributed by atoms with Gasteiger partial charge in [-0.2, -0.15) is 0 Å². The number of fused-ring (bicyclic) bond motifs is 1. The molecule has 14 heavy (non-hydrogen) atoms. The molecule has 2 aliphatic rings. The summed E-state index contributed by atoms with van der Waals surface area (Å²) >= 11 is 0. The molecule has 2 heteroatoms. The number of rotatable bonds is 1. The van der Waals surface area contributed by atoms with Crippen molar-refractivity contribution in [2.45, 2.75) is 31.7 Å². The smallest absolute Gasteiger partial charge is 0.114 e. The zero-order valence-corrected chi connectivity index (χ0v) is 8.27. The lowest BCUT2D eigenvalue weighted by atomic mass is 9.91. The Morgan fingerprint density at radius 2 is 2.14 bits per heavy atom. The zero-order chi connectivity index (χ0) is 9.54. The number of benzene rings is 1. The van der Waals surface area contributed by atoms with Crippen molar-refractivity contribution in [2.75, 3.05) is 6.61 Å². The first kappa shape index (κ1) is 8.45. The molecule has 0 spiro atoms. The molecule has 0 radical (unpaired) electrons. The van der Waals surface area contributed by atoms with Crippen molar-refractivity contribution in [1.29, 1.82) is 0 Å². The first-order chi connectivity index (χ1) is 6.86. The molecule has 0 unspecified atom stereocenters. The molecule has 3 rings (SSSR count). The summed E-state index contributed by atoms with van der Waals surface area (Å²) in [4.78, 5) is 0. The molecule has 1 aromatic carbocycles. The summed E-state index contributed by atoms with van der Waals surface area (Å²) in [7, 11) is 0. The highest BCUT2D eigenvalue weighted by atomic mass is 16.6. The molecule has 2 aliphatic heterocycles. The van der Waals surface area contributed by atoms with Crippen molar-refractivity contribution in [3.05, 3.63) is 35.4 Å². The van der Waals surface area contributed by atoms with E-state index >= 15 is 0 Å². The SMILES string of the molecule is Cc1ccccc1[C@@H]1O[C@@H]2CCO[C@@H]21. The highest BCUT2D eigenvalue weighted by Crippen LogP contribution is 2.43. The van der Waals surface area contributed by atoms with Crippen molar-refractivity contribution < 1.29 is 9.47 Å². The van der Waals surface area contributed by atoms with E-state index in [9.17, 15) is 0 Å². The Bertz CT molecular complexity index is 348. The molecule has 0 aliphatic carbocycles. The first-order valence-electron chi connectivity index (χ1n) is 5.19. The predicted octanol–water partition coefficient (Wildman–Crippen LogP) is 2.22. The fourth-order valence-electron chi connectivity index (χ4n) is 2.35. The van der Waals surface area contributed by atoms with Gasteiger partial charge in [0.2, 0.25) is 0 Å². The largest absolute Gasteiger partial charge is 0.372 e. The third-order valence-electron chi connectivity index (χ3n) is 3.19. The Morgan fingerprint density at radius 1 is 1.29 bits per heavy atom. The van der Waals surface area contributed by atoms with Crippen LogP contribution in [0.2, 0.25) is 0 Å². The molecule has 0 aromatic heterocycles. The Kier molecular flexibility index (Phi) is 1.85. The monoisotopic (exact) mass is 190 g/mol. The van der Waals surface area contributed by atoms with Crippen LogP contribution in [0.4, 0.5) is 0 Å². The van der Waals surface area contributed by atoms with E-state index in [1.165, 1.54) is 11.1 Å². The average Bonchev–Trinajstić information content (AvgIpc) is 2.52. The van der Waals surface area contributed by atoms with E-state index in [1.54, 1.807) is 0 Å². The van der Waals surface area contributed by atoms with Crippen LogP contribution in [-0.2, 0) is 9.47 Å². The normalized spacial score (nSPS) is 35.1. The maximum Gasteiger partial charge on any atom is 0.114 e. The van der Waals surface area contributed by atoms with Gasteiger partial charge in [-0.15, -0.1) is 0 Å². The molecule has 0 amide bonds. The van der Waals surface area contributed by atoms with Gasteiger partial charge in [-0.05, 0) is 24.5 Å². The minimum Gasteiger partial charge on any atom is -0.372 e. The van der Waals surface area contributed by atoms with E-state index in [1.807, 2.05) is 0 Å². The van der Waals surface area contributed by atoms with Gasteiger partial charge in [0.1, 0.15) is 12.2 Å². The maximum absolute atomic E-state index is 5.80. The Morgan fingerprint density at radius 3 is 2.93 bits per heavy atom. The summed E-state index contributed by atoms with van der Waals surface area (Å²) in [6.45, 7) is 2.98. The van der Waals surface area contributed by atoms with Gasteiger partial charge in [0, 0.05) is 6.61 Å². The van der Waals surface area contributed by atoms with Crippen LogP contribution in [0.25, 0.3) is 0 Å². The summed E-state index contributed by atoms with van der Waals surface area (Å²) in [5.41, 5.74) is 2.59. The standard InChI is InChI=1S/C12H14O2/c1-8-4-2-3-5-9(8)11-12-10(14-11)6-7-13-12/h2-5,10-12H,6-7H2,1H3/t10-,11+,12+/m1/s1.